The Bertz CT molecular complexity index is 1250. The standard InChI is InChI=1S/C21H19N3O4S/c1-23(29(2,27)28)16-9-5-8-15(12-16)22-19(25)13-24-18-11-4-7-14-6-3-10-17(20(14)18)21(24)26/h3-12H,13H2,1-2H3,(H,22,25). The Labute approximate surface area is 168 Å². The lowest BCUT2D eigenvalue weighted by molar-refractivity contribution is -0.114. The zero-order valence-corrected chi connectivity index (χ0v) is 16.7. The molecule has 0 bridgehead atoms. The van der Waals surface area contributed by atoms with Gasteiger partial charge in [0.2, 0.25) is 15.9 Å². The second-order valence-corrected chi connectivity index (χ2v) is 8.91. The number of carbonyl (C=O) groups is 2. The number of amides is 2. The number of carbonyl (C=O) groups excluding carboxylic acids is 2. The second-order valence-electron chi connectivity index (χ2n) is 6.90. The van der Waals surface area contributed by atoms with E-state index in [4.69, 9.17) is 0 Å². The average molecular weight is 409 g/mol. The molecule has 0 saturated carbocycles. The quantitative estimate of drug-likeness (QED) is 0.702. The van der Waals surface area contributed by atoms with Crippen LogP contribution in [0.25, 0.3) is 10.8 Å². The first kappa shape index (κ1) is 18.9. The minimum Gasteiger partial charge on any atom is -0.324 e. The van der Waals surface area contributed by atoms with Crippen LogP contribution in [-0.2, 0) is 14.8 Å². The average Bonchev–Trinajstić information content (AvgIpc) is 2.95. The maximum atomic E-state index is 12.8. The van der Waals surface area contributed by atoms with Gasteiger partial charge in [0, 0.05) is 23.7 Å². The zero-order valence-electron chi connectivity index (χ0n) is 15.9. The molecular weight excluding hydrogens is 390 g/mol. The molecule has 3 aromatic rings. The molecule has 0 unspecified atom stereocenters. The Kier molecular flexibility index (Phi) is 4.50. The van der Waals surface area contributed by atoms with Gasteiger partial charge in [-0.15, -0.1) is 0 Å². The van der Waals surface area contributed by atoms with Crippen molar-refractivity contribution in [1.29, 1.82) is 0 Å². The molecule has 0 radical (unpaired) electrons. The third-order valence-corrected chi connectivity index (χ3v) is 6.15. The summed E-state index contributed by atoms with van der Waals surface area (Å²) in [4.78, 5) is 26.9. The third-order valence-electron chi connectivity index (χ3n) is 4.94. The fraction of sp³-hybridized carbons (Fsp3) is 0.143. The fourth-order valence-corrected chi connectivity index (χ4v) is 3.95. The highest BCUT2D eigenvalue weighted by molar-refractivity contribution is 7.92. The maximum Gasteiger partial charge on any atom is 0.259 e. The Hall–Kier alpha value is -3.39. The van der Waals surface area contributed by atoms with Crippen molar-refractivity contribution in [1.82, 2.24) is 0 Å². The Morgan fingerprint density at radius 3 is 2.48 bits per heavy atom. The first-order valence-electron chi connectivity index (χ1n) is 8.93. The predicted octanol–water partition coefficient (Wildman–Crippen LogP) is 2.83. The van der Waals surface area contributed by atoms with Crippen LogP contribution in [-0.4, -0.2) is 40.1 Å². The van der Waals surface area contributed by atoms with Crippen LogP contribution in [0, 0.1) is 0 Å². The monoisotopic (exact) mass is 409 g/mol. The van der Waals surface area contributed by atoms with Crippen molar-refractivity contribution in [2.75, 3.05) is 34.4 Å². The van der Waals surface area contributed by atoms with Crippen LogP contribution in [0.15, 0.2) is 60.7 Å². The largest absolute Gasteiger partial charge is 0.324 e. The van der Waals surface area contributed by atoms with Gasteiger partial charge >= 0.3 is 0 Å². The van der Waals surface area contributed by atoms with Crippen molar-refractivity contribution >= 4 is 49.7 Å². The van der Waals surface area contributed by atoms with Gasteiger partial charge in [-0.05, 0) is 35.7 Å². The van der Waals surface area contributed by atoms with E-state index >= 15 is 0 Å². The molecule has 1 aliphatic rings. The number of hydrogen-bond donors (Lipinski definition) is 1. The molecule has 0 aromatic heterocycles. The molecule has 0 atom stereocenters. The summed E-state index contributed by atoms with van der Waals surface area (Å²) in [6.07, 6.45) is 1.11. The van der Waals surface area contributed by atoms with E-state index in [0.717, 1.165) is 21.3 Å². The summed E-state index contributed by atoms with van der Waals surface area (Å²) in [5.74, 6) is -0.583. The molecule has 0 saturated heterocycles. The normalized spacial score (nSPS) is 13.0. The van der Waals surface area contributed by atoms with Crippen LogP contribution in [0.4, 0.5) is 17.1 Å². The van der Waals surface area contributed by atoms with E-state index in [2.05, 4.69) is 5.32 Å². The first-order valence-corrected chi connectivity index (χ1v) is 10.8. The minimum atomic E-state index is -3.41. The molecule has 3 aromatic carbocycles. The van der Waals surface area contributed by atoms with E-state index < -0.39 is 10.0 Å². The molecule has 1 aliphatic heterocycles. The molecule has 29 heavy (non-hydrogen) atoms. The number of benzene rings is 3. The molecule has 4 rings (SSSR count). The van der Waals surface area contributed by atoms with Crippen molar-refractivity contribution in [3.05, 3.63) is 66.2 Å². The Morgan fingerprint density at radius 1 is 1.07 bits per heavy atom. The van der Waals surface area contributed by atoms with Gasteiger partial charge in [0.15, 0.2) is 0 Å². The topological polar surface area (TPSA) is 86.8 Å². The van der Waals surface area contributed by atoms with Crippen molar-refractivity contribution < 1.29 is 18.0 Å². The molecule has 2 amide bonds. The van der Waals surface area contributed by atoms with Gasteiger partial charge in [-0.2, -0.15) is 0 Å². The smallest absolute Gasteiger partial charge is 0.259 e. The van der Waals surface area contributed by atoms with Crippen LogP contribution >= 0.6 is 0 Å². The number of anilines is 3. The Balaban J connectivity index is 1.55. The molecule has 1 heterocycles. The minimum absolute atomic E-state index is 0.140. The SMILES string of the molecule is CN(c1cccc(NC(=O)CN2C(=O)c3cccc4cccc2c34)c1)S(C)(=O)=O. The molecule has 148 valence electrons. The van der Waals surface area contributed by atoms with E-state index in [1.807, 2.05) is 30.3 Å². The maximum absolute atomic E-state index is 12.8. The van der Waals surface area contributed by atoms with Gasteiger partial charge < -0.3 is 5.32 Å². The van der Waals surface area contributed by atoms with Crippen molar-refractivity contribution in [3.63, 3.8) is 0 Å². The lowest BCUT2D eigenvalue weighted by atomic mass is 10.1. The highest BCUT2D eigenvalue weighted by atomic mass is 32.2. The van der Waals surface area contributed by atoms with Gasteiger partial charge in [-0.3, -0.25) is 18.8 Å². The van der Waals surface area contributed by atoms with Crippen LogP contribution in [0.5, 0.6) is 0 Å². The third kappa shape index (κ3) is 3.42. The molecule has 1 N–H and O–H groups in total. The van der Waals surface area contributed by atoms with E-state index in [1.165, 1.54) is 11.9 Å². The fourth-order valence-electron chi connectivity index (χ4n) is 3.45. The van der Waals surface area contributed by atoms with E-state index in [1.54, 1.807) is 30.3 Å². The van der Waals surface area contributed by atoms with Crippen LogP contribution in [0.2, 0.25) is 0 Å². The second kappa shape index (κ2) is 6.89. The van der Waals surface area contributed by atoms with E-state index in [9.17, 15) is 18.0 Å². The number of nitrogens with zero attached hydrogens (tertiary/aromatic N) is 2. The zero-order chi connectivity index (χ0) is 20.8. The van der Waals surface area contributed by atoms with E-state index in [0.29, 0.717) is 22.6 Å². The van der Waals surface area contributed by atoms with Gasteiger partial charge in [-0.1, -0.05) is 30.3 Å². The Morgan fingerprint density at radius 2 is 1.76 bits per heavy atom. The highest BCUT2D eigenvalue weighted by Crippen LogP contribution is 2.37. The molecule has 0 aliphatic carbocycles. The van der Waals surface area contributed by atoms with Gasteiger partial charge in [0.1, 0.15) is 6.54 Å². The first-order chi connectivity index (χ1) is 13.8. The summed E-state index contributed by atoms with van der Waals surface area (Å²) in [6, 6.07) is 17.7. The molecule has 0 spiro atoms. The summed E-state index contributed by atoms with van der Waals surface area (Å²) < 4.78 is 24.6. The number of rotatable bonds is 5. The summed E-state index contributed by atoms with van der Waals surface area (Å²) in [5, 5.41) is 4.54. The number of sulfonamides is 1. The van der Waals surface area contributed by atoms with Crippen LogP contribution < -0.4 is 14.5 Å². The van der Waals surface area contributed by atoms with Gasteiger partial charge in [-0.25, -0.2) is 8.42 Å². The molecule has 7 nitrogen and oxygen atoms in total. The van der Waals surface area contributed by atoms with Crippen LogP contribution in [0.3, 0.4) is 0 Å². The van der Waals surface area contributed by atoms with Gasteiger partial charge in [0.25, 0.3) is 5.91 Å². The lowest BCUT2D eigenvalue weighted by Gasteiger charge is -2.19. The van der Waals surface area contributed by atoms with Crippen molar-refractivity contribution in [2.24, 2.45) is 0 Å². The van der Waals surface area contributed by atoms with E-state index in [-0.39, 0.29) is 18.4 Å². The summed E-state index contributed by atoms with van der Waals surface area (Å²) in [6.45, 7) is -0.140. The summed E-state index contributed by atoms with van der Waals surface area (Å²) in [5.41, 5.74) is 2.18. The molecule has 8 heteroatoms. The molecule has 0 fully saturated rings. The number of hydrogen-bond acceptors (Lipinski definition) is 4. The number of nitrogens with one attached hydrogen (secondary N) is 1. The summed E-state index contributed by atoms with van der Waals surface area (Å²) >= 11 is 0. The summed E-state index contributed by atoms with van der Waals surface area (Å²) in [7, 11) is -1.97. The van der Waals surface area contributed by atoms with Crippen molar-refractivity contribution in [2.45, 2.75) is 0 Å². The highest BCUT2D eigenvalue weighted by Gasteiger charge is 2.30. The molecular formula is C21H19N3O4S. The lowest BCUT2D eigenvalue weighted by Crippen LogP contribution is -2.35. The van der Waals surface area contributed by atoms with Crippen molar-refractivity contribution in [3.8, 4) is 0 Å². The van der Waals surface area contributed by atoms with Crippen LogP contribution in [0.1, 0.15) is 10.4 Å². The van der Waals surface area contributed by atoms with Gasteiger partial charge in [0.05, 0.1) is 17.6 Å². The predicted molar refractivity (Wildman–Crippen MR) is 114 cm³/mol.